The first-order chi connectivity index (χ1) is 7.72. The fourth-order valence-corrected chi connectivity index (χ4v) is 2.39. The fourth-order valence-electron chi connectivity index (χ4n) is 2.20. The van der Waals surface area contributed by atoms with Crippen molar-refractivity contribution in [2.24, 2.45) is 0 Å². The van der Waals surface area contributed by atoms with Crippen LogP contribution >= 0.6 is 11.6 Å². The lowest BCUT2D eigenvalue weighted by atomic mass is 10.2. The summed E-state index contributed by atoms with van der Waals surface area (Å²) in [6, 6.07) is 5.21. The van der Waals surface area contributed by atoms with Gasteiger partial charge in [-0.25, -0.2) is 4.39 Å². The number of likely N-dealkylation sites (tertiary alicyclic amines) is 1. The monoisotopic (exact) mass is 243 g/mol. The van der Waals surface area contributed by atoms with Gasteiger partial charge in [-0.1, -0.05) is 23.7 Å². The third-order valence-electron chi connectivity index (χ3n) is 3.11. The molecule has 16 heavy (non-hydrogen) atoms. The van der Waals surface area contributed by atoms with E-state index in [0.717, 1.165) is 19.4 Å². The summed E-state index contributed by atoms with van der Waals surface area (Å²) in [7, 11) is 0. The van der Waals surface area contributed by atoms with E-state index < -0.39 is 0 Å². The second-order valence-electron chi connectivity index (χ2n) is 4.16. The van der Waals surface area contributed by atoms with Crippen molar-refractivity contribution >= 4 is 11.6 Å². The normalized spacial score (nSPS) is 21.6. The van der Waals surface area contributed by atoms with Gasteiger partial charge < -0.3 is 5.11 Å². The summed E-state index contributed by atoms with van der Waals surface area (Å²) in [5, 5.41) is 9.34. The van der Waals surface area contributed by atoms with Crippen molar-refractivity contribution in [1.29, 1.82) is 0 Å². The van der Waals surface area contributed by atoms with Gasteiger partial charge in [-0.15, -0.1) is 0 Å². The maximum absolute atomic E-state index is 13.7. The van der Waals surface area contributed by atoms with Crippen molar-refractivity contribution < 1.29 is 9.50 Å². The third kappa shape index (κ3) is 2.37. The van der Waals surface area contributed by atoms with E-state index in [9.17, 15) is 9.50 Å². The van der Waals surface area contributed by atoms with Crippen LogP contribution in [-0.4, -0.2) is 29.2 Å². The largest absolute Gasteiger partial charge is 0.395 e. The molecule has 1 atom stereocenters. The van der Waals surface area contributed by atoms with Crippen LogP contribution in [0.25, 0.3) is 0 Å². The van der Waals surface area contributed by atoms with Crippen LogP contribution in [0.2, 0.25) is 5.02 Å². The average molecular weight is 244 g/mol. The molecular formula is C12H15ClFNO. The Hall–Kier alpha value is -0.640. The standard InChI is InChI=1S/C12H15ClFNO/c13-11-5-1-3-9(12(11)14)7-15-6-2-4-10(15)8-16/h1,3,5,10,16H,2,4,6-8H2/t10-/m0/s1. The number of halogens is 2. The number of benzene rings is 1. The van der Waals surface area contributed by atoms with Crippen molar-refractivity contribution in [3.8, 4) is 0 Å². The minimum absolute atomic E-state index is 0.141. The van der Waals surface area contributed by atoms with Gasteiger partial charge in [-0.3, -0.25) is 4.90 Å². The molecular weight excluding hydrogens is 229 g/mol. The molecule has 2 nitrogen and oxygen atoms in total. The number of rotatable bonds is 3. The fraction of sp³-hybridized carbons (Fsp3) is 0.500. The van der Waals surface area contributed by atoms with Gasteiger partial charge in [0.25, 0.3) is 0 Å². The van der Waals surface area contributed by atoms with Crippen LogP contribution in [0.5, 0.6) is 0 Å². The zero-order valence-electron chi connectivity index (χ0n) is 9.00. The average Bonchev–Trinajstić information content (AvgIpc) is 2.72. The van der Waals surface area contributed by atoms with Crippen LogP contribution in [0, 0.1) is 5.82 Å². The van der Waals surface area contributed by atoms with Crippen LogP contribution in [0.3, 0.4) is 0 Å². The van der Waals surface area contributed by atoms with Crippen molar-refractivity contribution in [2.75, 3.05) is 13.2 Å². The second kappa shape index (κ2) is 5.13. The van der Waals surface area contributed by atoms with Crippen LogP contribution in [0.4, 0.5) is 4.39 Å². The Labute approximate surface area is 99.6 Å². The Balaban J connectivity index is 2.11. The molecule has 0 unspecified atom stereocenters. The van der Waals surface area contributed by atoms with Crippen LogP contribution in [-0.2, 0) is 6.54 Å². The van der Waals surface area contributed by atoms with E-state index >= 15 is 0 Å². The van der Waals surface area contributed by atoms with Gasteiger partial charge in [0.15, 0.2) is 0 Å². The lowest BCUT2D eigenvalue weighted by Crippen LogP contribution is -2.31. The molecule has 0 saturated carbocycles. The van der Waals surface area contributed by atoms with E-state index in [1.54, 1.807) is 18.2 Å². The molecule has 2 rings (SSSR count). The highest BCUT2D eigenvalue weighted by Crippen LogP contribution is 2.23. The van der Waals surface area contributed by atoms with Crippen LogP contribution in [0.15, 0.2) is 18.2 Å². The third-order valence-corrected chi connectivity index (χ3v) is 3.41. The zero-order valence-corrected chi connectivity index (χ0v) is 9.75. The predicted molar refractivity (Wildman–Crippen MR) is 61.9 cm³/mol. The maximum atomic E-state index is 13.7. The molecule has 0 amide bonds. The first-order valence-electron chi connectivity index (χ1n) is 5.50. The van der Waals surface area contributed by atoms with Crippen molar-refractivity contribution in [3.05, 3.63) is 34.6 Å². The Kier molecular flexibility index (Phi) is 3.79. The first kappa shape index (κ1) is 11.8. The van der Waals surface area contributed by atoms with E-state index in [-0.39, 0.29) is 23.5 Å². The maximum Gasteiger partial charge on any atom is 0.146 e. The molecule has 1 N–H and O–H groups in total. The molecule has 88 valence electrons. The van der Waals surface area contributed by atoms with Gasteiger partial charge in [0.2, 0.25) is 0 Å². The van der Waals surface area contributed by atoms with Gasteiger partial charge in [0.05, 0.1) is 11.6 Å². The summed E-state index contributed by atoms with van der Waals surface area (Å²) in [6.07, 6.45) is 2.05. The number of hydrogen-bond donors (Lipinski definition) is 1. The lowest BCUT2D eigenvalue weighted by molar-refractivity contribution is 0.152. The van der Waals surface area contributed by atoms with Gasteiger partial charge in [-0.05, 0) is 25.5 Å². The predicted octanol–water partition coefficient (Wildman–Crippen LogP) is 2.44. The zero-order chi connectivity index (χ0) is 11.5. The van der Waals surface area contributed by atoms with Crippen LogP contribution < -0.4 is 0 Å². The SMILES string of the molecule is OC[C@@H]1CCCN1Cc1cccc(Cl)c1F. The molecule has 1 aliphatic rings. The van der Waals surface area contributed by atoms with Gasteiger partial charge >= 0.3 is 0 Å². The quantitative estimate of drug-likeness (QED) is 0.882. The summed E-state index contributed by atoms with van der Waals surface area (Å²) in [6.45, 7) is 1.58. The van der Waals surface area contributed by atoms with E-state index in [4.69, 9.17) is 11.6 Å². The highest BCUT2D eigenvalue weighted by Gasteiger charge is 2.24. The number of nitrogens with zero attached hydrogens (tertiary/aromatic N) is 1. The Bertz CT molecular complexity index is 372. The minimum Gasteiger partial charge on any atom is -0.395 e. The highest BCUT2D eigenvalue weighted by atomic mass is 35.5. The summed E-state index contributed by atoms with van der Waals surface area (Å²) in [4.78, 5) is 2.11. The Morgan fingerprint density at radius 1 is 1.50 bits per heavy atom. The van der Waals surface area contributed by atoms with E-state index in [1.807, 2.05) is 0 Å². The van der Waals surface area contributed by atoms with E-state index in [2.05, 4.69) is 4.90 Å². The molecule has 1 aromatic rings. The molecule has 1 saturated heterocycles. The molecule has 0 radical (unpaired) electrons. The van der Waals surface area contributed by atoms with Crippen LogP contribution in [0.1, 0.15) is 18.4 Å². The summed E-state index contributed by atoms with van der Waals surface area (Å²) in [5.74, 6) is -0.340. The molecule has 1 aromatic carbocycles. The molecule has 1 heterocycles. The summed E-state index contributed by atoms with van der Waals surface area (Å²) in [5.41, 5.74) is 0.604. The molecule has 0 bridgehead atoms. The number of aliphatic hydroxyl groups is 1. The van der Waals surface area contributed by atoms with Crippen molar-refractivity contribution in [2.45, 2.75) is 25.4 Å². The molecule has 1 aliphatic heterocycles. The highest BCUT2D eigenvalue weighted by molar-refractivity contribution is 6.30. The molecule has 4 heteroatoms. The van der Waals surface area contributed by atoms with Gasteiger partial charge in [0, 0.05) is 18.2 Å². The Morgan fingerprint density at radius 2 is 2.31 bits per heavy atom. The smallest absolute Gasteiger partial charge is 0.146 e. The van der Waals surface area contributed by atoms with Gasteiger partial charge in [0.1, 0.15) is 5.82 Å². The summed E-state index contributed by atoms with van der Waals surface area (Å²) >= 11 is 5.73. The molecule has 0 aliphatic carbocycles. The van der Waals surface area contributed by atoms with Crippen molar-refractivity contribution in [1.82, 2.24) is 4.90 Å². The number of aliphatic hydroxyl groups excluding tert-OH is 1. The Morgan fingerprint density at radius 3 is 3.06 bits per heavy atom. The van der Waals surface area contributed by atoms with Crippen molar-refractivity contribution in [3.63, 3.8) is 0 Å². The first-order valence-corrected chi connectivity index (χ1v) is 5.88. The minimum atomic E-state index is -0.340. The molecule has 1 fully saturated rings. The summed E-state index contributed by atoms with van der Waals surface area (Å²) < 4.78 is 13.7. The van der Waals surface area contributed by atoms with E-state index in [1.165, 1.54) is 0 Å². The molecule has 0 aromatic heterocycles. The topological polar surface area (TPSA) is 23.5 Å². The lowest BCUT2D eigenvalue weighted by Gasteiger charge is -2.22. The van der Waals surface area contributed by atoms with Gasteiger partial charge in [-0.2, -0.15) is 0 Å². The second-order valence-corrected chi connectivity index (χ2v) is 4.57. The molecule has 0 spiro atoms. The number of hydrogen-bond acceptors (Lipinski definition) is 2. The van der Waals surface area contributed by atoms with E-state index in [0.29, 0.717) is 12.1 Å².